The molecular formula is C20H29N3O4. The lowest BCUT2D eigenvalue weighted by Gasteiger charge is -2.42. The van der Waals surface area contributed by atoms with E-state index in [2.05, 4.69) is 9.88 Å². The topological polar surface area (TPSA) is 75.1 Å². The Hall–Kier alpha value is -2.02. The lowest BCUT2D eigenvalue weighted by molar-refractivity contribution is -0.0128. The molecule has 4 rings (SSSR count). The second kappa shape index (κ2) is 6.86. The summed E-state index contributed by atoms with van der Waals surface area (Å²) in [7, 11) is 0. The monoisotopic (exact) mass is 375 g/mol. The summed E-state index contributed by atoms with van der Waals surface area (Å²) in [5.41, 5.74) is 0.621. The van der Waals surface area contributed by atoms with Crippen molar-refractivity contribution in [1.29, 1.82) is 0 Å². The molecule has 148 valence electrons. The van der Waals surface area contributed by atoms with E-state index in [1.54, 1.807) is 6.20 Å². The maximum atomic E-state index is 12.5. The molecule has 1 aromatic rings. The van der Waals surface area contributed by atoms with Crippen LogP contribution in [0.2, 0.25) is 0 Å². The molecule has 1 aromatic heterocycles. The number of aromatic nitrogens is 1. The third-order valence-electron chi connectivity index (χ3n) is 5.51. The number of hydrogen-bond acceptors (Lipinski definition) is 6. The molecule has 1 aliphatic carbocycles. The molecule has 2 atom stereocenters. The number of amides is 1. The van der Waals surface area contributed by atoms with Crippen LogP contribution in [-0.4, -0.2) is 64.1 Å². The molecule has 2 aliphatic heterocycles. The largest absolute Gasteiger partial charge is 0.474 e. The zero-order valence-electron chi connectivity index (χ0n) is 16.3. The molecule has 3 aliphatic rings. The van der Waals surface area contributed by atoms with E-state index in [-0.39, 0.29) is 30.4 Å². The van der Waals surface area contributed by atoms with Gasteiger partial charge in [-0.2, -0.15) is 0 Å². The second-order valence-corrected chi connectivity index (χ2v) is 8.89. The van der Waals surface area contributed by atoms with Gasteiger partial charge in [-0.25, -0.2) is 9.78 Å². The minimum Gasteiger partial charge on any atom is -0.474 e. The predicted octanol–water partition coefficient (Wildman–Crippen LogP) is 2.57. The summed E-state index contributed by atoms with van der Waals surface area (Å²) in [4.78, 5) is 21.0. The Kier molecular flexibility index (Phi) is 4.66. The maximum Gasteiger partial charge on any atom is 0.410 e. The van der Waals surface area contributed by atoms with Crippen LogP contribution in [0.25, 0.3) is 0 Å². The van der Waals surface area contributed by atoms with Gasteiger partial charge in [-0.05, 0) is 39.7 Å². The molecule has 27 heavy (non-hydrogen) atoms. The van der Waals surface area contributed by atoms with Crippen molar-refractivity contribution in [2.75, 3.05) is 18.0 Å². The molecule has 0 radical (unpaired) electrons. The Morgan fingerprint density at radius 3 is 2.48 bits per heavy atom. The van der Waals surface area contributed by atoms with Crippen molar-refractivity contribution < 1.29 is 19.4 Å². The van der Waals surface area contributed by atoms with Crippen molar-refractivity contribution in [2.24, 2.45) is 0 Å². The van der Waals surface area contributed by atoms with Crippen LogP contribution < -0.4 is 9.64 Å². The lowest BCUT2D eigenvalue weighted by atomic mass is 9.92. The zero-order chi connectivity index (χ0) is 19.2. The highest BCUT2D eigenvalue weighted by atomic mass is 16.6. The van der Waals surface area contributed by atoms with Gasteiger partial charge in [0.15, 0.2) is 0 Å². The first kappa shape index (κ1) is 18.3. The predicted molar refractivity (Wildman–Crippen MR) is 101 cm³/mol. The van der Waals surface area contributed by atoms with Crippen molar-refractivity contribution in [1.82, 2.24) is 9.88 Å². The Bertz CT molecular complexity index is 685. The molecule has 1 amide bonds. The van der Waals surface area contributed by atoms with Crippen LogP contribution >= 0.6 is 0 Å². The number of anilines is 1. The van der Waals surface area contributed by atoms with Gasteiger partial charge in [0.25, 0.3) is 0 Å². The average molecular weight is 375 g/mol. The summed E-state index contributed by atoms with van der Waals surface area (Å²) >= 11 is 0. The fourth-order valence-corrected chi connectivity index (χ4v) is 4.23. The Labute approximate surface area is 160 Å². The number of pyridine rings is 1. The number of aliphatic hydroxyl groups excluding tert-OH is 1. The molecule has 0 unspecified atom stereocenters. The van der Waals surface area contributed by atoms with E-state index in [4.69, 9.17) is 9.47 Å². The summed E-state index contributed by atoms with van der Waals surface area (Å²) < 4.78 is 11.4. The van der Waals surface area contributed by atoms with Gasteiger partial charge in [0, 0.05) is 56.0 Å². The van der Waals surface area contributed by atoms with E-state index >= 15 is 0 Å². The smallest absolute Gasteiger partial charge is 0.410 e. The van der Waals surface area contributed by atoms with E-state index in [1.807, 2.05) is 37.8 Å². The van der Waals surface area contributed by atoms with Crippen molar-refractivity contribution >= 4 is 11.8 Å². The highest BCUT2D eigenvalue weighted by Crippen LogP contribution is 2.36. The summed E-state index contributed by atoms with van der Waals surface area (Å²) in [5.74, 6) is 0.610. The molecule has 1 N–H and O–H groups in total. The number of aliphatic hydroxyl groups is 1. The second-order valence-electron chi connectivity index (χ2n) is 8.89. The SMILES string of the molecule is CC(C)(C)OC(=O)N1C[C@@H]2CC[C@@H](C1)N2c1ccnc(OC2CC(O)C2)c1. The Morgan fingerprint density at radius 1 is 1.22 bits per heavy atom. The van der Waals surface area contributed by atoms with E-state index in [0.717, 1.165) is 18.5 Å². The number of carbonyl (C=O) groups is 1. The summed E-state index contributed by atoms with van der Waals surface area (Å²) in [6.45, 7) is 7.05. The third-order valence-corrected chi connectivity index (χ3v) is 5.51. The Balaban J connectivity index is 1.43. The lowest BCUT2D eigenvalue weighted by Crippen LogP contribution is -2.56. The fraction of sp³-hybridized carbons (Fsp3) is 0.700. The van der Waals surface area contributed by atoms with Crippen molar-refractivity contribution in [3.63, 3.8) is 0 Å². The van der Waals surface area contributed by atoms with Crippen molar-refractivity contribution in [3.8, 4) is 5.88 Å². The van der Waals surface area contributed by atoms with Gasteiger partial charge in [0.1, 0.15) is 11.7 Å². The van der Waals surface area contributed by atoms with E-state index < -0.39 is 5.60 Å². The van der Waals surface area contributed by atoms with Crippen LogP contribution in [0.15, 0.2) is 18.3 Å². The summed E-state index contributed by atoms with van der Waals surface area (Å²) in [5, 5.41) is 9.42. The van der Waals surface area contributed by atoms with Crippen molar-refractivity contribution in [2.45, 2.75) is 76.3 Å². The number of nitrogens with zero attached hydrogens (tertiary/aromatic N) is 3. The molecule has 2 bridgehead atoms. The van der Waals surface area contributed by atoms with Crippen LogP contribution in [-0.2, 0) is 4.74 Å². The van der Waals surface area contributed by atoms with Crippen LogP contribution in [0, 0.1) is 0 Å². The van der Waals surface area contributed by atoms with Gasteiger partial charge < -0.3 is 24.4 Å². The highest BCUT2D eigenvalue weighted by molar-refractivity contribution is 5.69. The molecule has 1 saturated carbocycles. The highest BCUT2D eigenvalue weighted by Gasteiger charge is 2.42. The van der Waals surface area contributed by atoms with Gasteiger partial charge in [0.05, 0.1) is 6.10 Å². The first-order valence-corrected chi connectivity index (χ1v) is 9.85. The number of piperazine rings is 1. The van der Waals surface area contributed by atoms with Gasteiger partial charge in [-0.15, -0.1) is 0 Å². The van der Waals surface area contributed by atoms with E-state index in [1.165, 1.54) is 0 Å². The van der Waals surface area contributed by atoms with Gasteiger partial charge in [-0.3, -0.25) is 0 Å². The number of carbonyl (C=O) groups excluding carboxylic acids is 1. The summed E-state index contributed by atoms with van der Waals surface area (Å²) in [6, 6.07) is 4.57. The third kappa shape index (κ3) is 3.98. The zero-order valence-corrected chi connectivity index (χ0v) is 16.3. The summed E-state index contributed by atoms with van der Waals surface area (Å²) in [6.07, 6.45) is 4.85. The van der Waals surface area contributed by atoms with Crippen LogP contribution in [0.5, 0.6) is 5.88 Å². The minimum absolute atomic E-state index is 0.0588. The van der Waals surface area contributed by atoms with Gasteiger partial charge >= 0.3 is 6.09 Å². The average Bonchev–Trinajstić information content (AvgIpc) is 2.82. The van der Waals surface area contributed by atoms with Crippen molar-refractivity contribution in [3.05, 3.63) is 18.3 Å². The fourth-order valence-electron chi connectivity index (χ4n) is 4.23. The minimum atomic E-state index is -0.473. The van der Waals surface area contributed by atoms with Crippen LogP contribution in [0.3, 0.4) is 0 Å². The quantitative estimate of drug-likeness (QED) is 0.875. The first-order valence-electron chi connectivity index (χ1n) is 9.85. The molecular weight excluding hydrogens is 346 g/mol. The van der Waals surface area contributed by atoms with E-state index in [0.29, 0.717) is 31.8 Å². The van der Waals surface area contributed by atoms with Gasteiger partial charge in [-0.1, -0.05) is 0 Å². The molecule has 7 nitrogen and oxygen atoms in total. The molecule has 7 heteroatoms. The molecule has 0 aromatic carbocycles. The molecule has 0 spiro atoms. The maximum absolute atomic E-state index is 12.5. The molecule has 2 saturated heterocycles. The molecule has 3 heterocycles. The number of likely N-dealkylation sites (tertiary alicyclic amines) is 1. The van der Waals surface area contributed by atoms with Crippen LogP contribution in [0.4, 0.5) is 10.5 Å². The number of rotatable bonds is 3. The van der Waals surface area contributed by atoms with Gasteiger partial charge in [0.2, 0.25) is 5.88 Å². The normalized spacial score (nSPS) is 30.1. The number of hydrogen-bond donors (Lipinski definition) is 1. The first-order chi connectivity index (χ1) is 12.8. The standard InChI is InChI=1S/C20H29N3O4/c1-20(2,3)27-19(25)22-11-14-4-5-15(12-22)23(14)13-6-7-21-18(8-13)26-17-9-16(24)10-17/h6-8,14-17,24H,4-5,9-12H2,1-3H3/t14-,15-,16?,17?/m0/s1. The van der Waals surface area contributed by atoms with Crippen LogP contribution in [0.1, 0.15) is 46.5 Å². The molecule has 3 fully saturated rings. The van der Waals surface area contributed by atoms with E-state index in [9.17, 15) is 9.90 Å². The number of ether oxygens (including phenoxy) is 2. The number of fused-ring (bicyclic) bond motifs is 2. The Morgan fingerprint density at radius 2 is 1.89 bits per heavy atom.